The van der Waals surface area contributed by atoms with Gasteiger partial charge in [0.1, 0.15) is 34.8 Å². The van der Waals surface area contributed by atoms with Crippen molar-refractivity contribution in [2.24, 2.45) is 0 Å². The van der Waals surface area contributed by atoms with Crippen molar-refractivity contribution in [2.75, 3.05) is 6.61 Å². The van der Waals surface area contributed by atoms with E-state index in [0.29, 0.717) is 0 Å². The first-order chi connectivity index (χ1) is 11.4. The van der Waals surface area contributed by atoms with Crippen molar-refractivity contribution in [2.45, 2.75) is 5.60 Å². The predicted octanol–water partition coefficient (Wildman–Crippen LogP) is 1.74. The summed E-state index contributed by atoms with van der Waals surface area (Å²) in [4.78, 5) is 23.7. The third-order valence-electron chi connectivity index (χ3n) is 3.56. The molecule has 1 heterocycles. The molecule has 0 saturated carbocycles. The number of aromatic hydroxyl groups is 2. The number of ether oxygens (including phenoxy) is 1. The number of allylic oxidation sites excluding steroid dienone is 2. The van der Waals surface area contributed by atoms with Crippen LogP contribution in [0.5, 0.6) is 11.5 Å². The average molecular weight is 324 g/mol. The topological polar surface area (TPSA) is 97.0 Å². The standard InChI is InChI=1S/C18H12O6/c1-2-7-23-18(5-3-11(19)4-6-18)16-10-14(22)17-13(21)8-12(20)9-15(17)24-16/h1,3-6,8-10,20-21H,7H2. The monoisotopic (exact) mass is 324 g/mol. The summed E-state index contributed by atoms with van der Waals surface area (Å²) < 4.78 is 11.3. The smallest absolute Gasteiger partial charge is 0.196 e. The number of phenolic OH excluding ortho intramolecular Hbond substituents is 2. The molecule has 120 valence electrons. The lowest BCUT2D eigenvalue weighted by Crippen LogP contribution is -2.29. The van der Waals surface area contributed by atoms with Crippen LogP contribution >= 0.6 is 0 Å². The first-order valence-corrected chi connectivity index (χ1v) is 6.95. The predicted molar refractivity (Wildman–Crippen MR) is 85.6 cm³/mol. The van der Waals surface area contributed by atoms with E-state index < -0.39 is 16.8 Å². The van der Waals surface area contributed by atoms with Crippen LogP contribution in [0.2, 0.25) is 0 Å². The van der Waals surface area contributed by atoms with Crippen LogP contribution in [0.3, 0.4) is 0 Å². The summed E-state index contributed by atoms with van der Waals surface area (Å²) >= 11 is 0. The highest BCUT2D eigenvalue weighted by molar-refractivity contribution is 6.00. The molecule has 6 nitrogen and oxygen atoms in total. The summed E-state index contributed by atoms with van der Waals surface area (Å²) in [5.74, 6) is 1.49. The normalized spacial score (nSPS) is 15.5. The third kappa shape index (κ3) is 2.57. The number of rotatable bonds is 3. The van der Waals surface area contributed by atoms with Gasteiger partial charge in [-0.3, -0.25) is 9.59 Å². The second kappa shape index (κ2) is 5.72. The maximum Gasteiger partial charge on any atom is 0.196 e. The molecule has 2 N–H and O–H groups in total. The van der Waals surface area contributed by atoms with Crippen LogP contribution in [0.15, 0.2) is 51.7 Å². The number of phenols is 2. The molecule has 1 aromatic carbocycles. The lowest BCUT2D eigenvalue weighted by Gasteiger charge is -2.27. The number of ketones is 1. The molecule has 3 rings (SSSR count). The second-order valence-corrected chi connectivity index (χ2v) is 5.17. The Morgan fingerprint density at radius 2 is 1.88 bits per heavy atom. The van der Waals surface area contributed by atoms with E-state index in [4.69, 9.17) is 15.6 Å². The molecule has 0 radical (unpaired) electrons. The van der Waals surface area contributed by atoms with Gasteiger partial charge in [-0.2, -0.15) is 0 Å². The maximum absolute atomic E-state index is 12.3. The van der Waals surface area contributed by atoms with Crippen molar-refractivity contribution in [1.29, 1.82) is 0 Å². The fraction of sp³-hybridized carbons (Fsp3) is 0.111. The minimum Gasteiger partial charge on any atom is -0.508 e. The summed E-state index contributed by atoms with van der Waals surface area (Å²) in [6.07, 6.45) is 10.6. The molecule has 0 fully saturated rings. The van der Waals surface area contributed by atoms with Gasteiger partial charge in [-0.05, 0) is 24.3 Å². The van der Waals surface area contributed by atoms with Crippen LogP contribution in [0.4, 0.5) is 0 Å². The number of fused-ring (bicyclic) bond motifs is 1. The van der Waals surface area contributed by atoms with E-state index in [1.54, 1.807) is 0 Å². The number of hydrogen-bond donors (Lipinski definition) is 2. The van der Waals surface area contributed by atoms with Crippen molar-refractivity contribution in [1.82, 2.24) is 0 Å². The third-order valence-corrected chi connectivity index (χ3v) is 3.56. The molecule has 0 bridgehead atoms. The first-order valence-electron chi connectivity index (χ1n) is 6.95. The minimum absolute atomic E-state index is 0.0163. The Kier molecular flexibility index (Phi) is 3.72. The Morgan fingerprint density at radius 3 is 2.54 bits per heavy atom. The van der Waals surface area contributed by atoms with Gasteiger partial charge in [-0.25, -0.2) is 0 Å². The van der Waals surface area contributed by atoms with Crippen molar-refractivity contribution >= 4 is 16.8 Å². The summed E-state index contributed by atoms with van der Waals surface area (Å²) in [7, 11) is 0. The SMILES string of the molecule is C#CCOC1(c2cc(=O)c3c(O)cc(O)cc3o2)C=CC(=O)C=C1. The molecule has 0 atom stereocenters. The molecular formula is C18H12O6. The Balaban J connectivity index is 2.24. The highest BCUT2D eigenvalue weighted by Gasteiger charge is 2.33. The highest BCUT2D eigenvalue weighted by atomic mass is 16.5. The lowest BCUT2D eigenvalue weighted by atomic mass is 9.93. The number of hydrogen-bond acceptors (Lipinski definition) is 6. The Labute approximate surface area is 136 Å². The molecule has 0 amide bonds. The zero-order chi connectivity index (χ0) is 17.3. The van der Waals surface area contributed by atoms with Gasteiger partial charge in [0.05, 0.1) is 0 Å². The number of benzene rings is 1. The lowest BCUT2D eigenvalue weighted by molar-refractivity contribution is -0.110. The van der Waals surface area contributed by atoms with Crippen LogP contribution < -0.4 is 5.43 Å². The molecule has 2 aromatic rings. The summed E-state index contributed by atoms with van der Waals surface area (Å²) in [6, 6.07) is 3.40. The number of carbonyl (C=O) groups is 1. The van der Waals surface area contributed by atoms with Crippen molar-refractivity contribution in [3.8, 4) is 23.8 Å². The zero-order valence-corrected chi connectivity index (χ0v) is 12.4. The Hall–Kier alpha value is -3.30. The molecule has 6 heteroatoms. The van der Waals surface area contributed by atoms with E-state index in [1.165, 1.54) is 30.4 Å². The second-order valence-electron chi connectivity index (χ2n) is 5.17. The van der Waals surface area contributed by atoms with Gasteiger partial charge in [0.15, 0.2) is 16.8 Å². The maximum atomic E-state index is 12.3. The van der Waals surface area contributed by atoms with Gasteiger partial charge in [0.2, 0.25) is 0 Å². The molecule has 0 spiro atoms. The Bertz CT molecular complexity index is 971. The molecule has 0 unspecified atom stereocenters. The van der Waals surface area contributed by atoms with Gasteiger partial charge in [-0.1, -0.05) is 5.92 Å². The molecule has 24 heavy (non-hydrogen) atoms. The van der Waals surface area contributed by atoms with E-state index >= 15 is 0 Å². The van der Waals surface area contributed by atoms with Crippen LogP contribution in [-0.4, -0.2) is 22.6 Å². The van der Waals surface area contributed by atoms with E-state index in [-0.39, 0.29) is 34.9 Å². The highest BCUT2D eigenvalue weighted by Crippen LogP contribution is 2.35. The van der Waals surface area contributed by atoms with Crippen LogP contribution in [0.1, 0.15) is 5.76 Å². The molecular weight excluding hydrogens is 312 g/mol. The molecule has 1 aliphatic rings. The van der Waals surface area contributed by atoms with Gasteiger partial charge >= 0.3 is 0 Å². The summed E-state index contributed by atoms with van der Waals surface area (Å²) in [5, 5.41) is 19.3. The molecule has 0 aliphatic heterocycles. The largest absolute Gasteiger partial charge is 0.508 e. The molecule has 1 aliphatic carbocycles. The average Bonchev–Trinajstić information content (AvgIpc) is 2.53. The molecule has 0 saturated heterocycles. The van der Waals surface area contributed by atoms with E-state index in [9.17, 15) is 19.8 Å². The van der Waals surface area contributed by atoms with E-state index in [0.717, 1.165) is 12.1 Å². The van der Waals surface area contributed by atoms with Gasteiger partial charge in [-0.15, -0.1) is 6.42 Å². The van der Waals surface area contributed by atoms with Crippen molar-refractivity contribution in [3.05, 3.63) is 58.5 Å². The van der Waals surface area contributed by atoms with Gasteiger partial charge < -0.3 is 19.4 Å². The first kappa shape index (κ1) is 15.6. The van der Waals surface area contributed by atoms with Gasteiger partial charge in [0.25, 0.3) is 0 Å². The fourth-order valence-electron chi connectivity index (χ4n) is 2.46. The summed E-state index contributed by atoms with van der Waals surface area (Å²) in [6.45, 7) is -0.0874. The van der Waals surface area contributed by atoms with E-state index in [2.05, 4.69) is 5.92 Å². The fourth-order valence-corrected chi connectivity index (χ4v) is 2.46. The minimum atomic E-state index is -1.32. The quantitative estimate of drug-likeness (QED) is 0.835. The van der Waals surface area contributed by atoms with E-state index in [1.807, 2.05) is 0 Å². The number of carbonyl (C=O) groups excluding carboxylic acids is 1. The van der Waals surface area contributed by atoms with Gasteiger partial charge in [0, 0.05) is 18.2 Å². The van der Waals surface area contributed by atoms with Crippen LogP contribution in [0.25, 0.3) is 11.0 Å². The van der Waals surface area contributed by atoms with Crippen LogP contribution in [0, 0.1) is 12.3 Å². The van der Waals surface area contributed by atoms with Crippen molar-refractivity contribution in [3.63, 3.8) is 0 Å². The Morgan fingerprint density at radius 1 is 1.17 bits per heavy atom. The number of terminal acetylenes is 1. The molecule has 1 aromatic heterocycles. The summed E-state index contributed by atoms with van der Waals surface area (Å²) in [5.41, 5.74) is -1.86. The zero-order valence-electron chi connectivity index (χ0n) is 12.4. The van der Waals surface area contributed by atoms with Crippen molar-refractivity contribution < 1.29 is 24.2 Å². The van der Waals surface area contributed by atoms with Crippen LogP contribution in [-0.2, 0) is 15.1 Å².